The Morgan fingerprint density at radius 1 is 1.09 bits per heavy atom. The van der Waals surface area contributed by atoms with Crippen molar-refractivity contribution in [1.29, 1.82) is 0 Å². The number of hydrazine groups is 1. The molecular weight excluding hydrogens is 279 g/mol. The third-order valence-electron chi connectivity index (χ3n) is 3.25. The fourth-order valence-corrected chi connectivity index (χ4v) is 1.94. The zero-order valence-electron chi connectivity index (χ0n) is 13.1. The number of anilines is 1. The summed E-state index contributed by atoms with van der Waals surface area (Å²) in [4.78, 5) is 0. The second-order valence-corrected chi connectivity index (χ2v) is 5.64. The van der Waals surface area contributed by atoms with Crippen LogP contribution < -0.4 is 15.6 Å². The summed E-state index contributed by atoms with van der Waals surface area (Å²) in [5.74, 6) is 0.547. The van der Waals surface area contributed by atoms with Gasteiger partial charge in [-0.05, 0) is 42.2 Å². The fourth-order valence-electron chi connectivity index (χ4n) is 1.94. The summed E-state index contributed by atoms with van der Waals surface area (Å²) in [7, 11) is 0. The number of nitrogens with one attached hydrogen (secondary N) is 2. The van der Waals surface area contributed by atoms with E-state index in [2.05, 4.69) is 24.7 Å². The summed E-state index contributed by atoms with van der Waals surface area (Å²) in [5, 5.41) is 0. The molecule has 0 aliphatic carbocycles. The number of ether oxygens (including phenoxy) is 1. The maximum Gasteiger partial charge on any atom is 0.165 e. The molecule has 0 spiro atoms. The molecule has 0 heterocycles. The Morgan fingerprint density at radius 2 is 1.86 bits per heavy atom. The minimum Gasteiger partial charge on any atom is -0.490 e. The van der Waals surface area contributed by atoms with Crippen LogP contribution in [-0.2, 0) is 6.54 Å². The van der Waals surface area contributed by atoms with Crippen LogP contribution in [0.5, 0.6) is 5.75 Å². The normalized spacial score (nSPS) is 10.7. The van der Waals surface area contributed by atoms with Crippen LogP contribution in [0.25, 0.3) is 0 Å². The molecule has 0 aromatic heterocycles. The van der Waals surface area contributed by atoms with Gasteiger partial charge >= 0.3 is 0 Å². The SMILES string of the molecule is CC(C)CCOc1cc(CNNc2ccccc2)ccc1F. The van der Waals surface area contributed by atoms with Gasteiger partial charge in [-0.25, -0.2) is 9.82 Å². The van der Waals surface area contributed by atoms with Crippen molar-refractivity contribution >= 4 is 5.69 Å². The summed E-state index contributed by atoms with van der Waals surface area (Å²) in [6, 6.07) is 14.8. The zero-order chi connectivity index (χ0) is 15.8. The third-order valence-corrected chi connectivity index (χ3v) is 3.25. The van der Waals surface area contributed by atoms with Gasteiger partial charge in [0.05, 0.1) is 6.61 Å². The van der Waals surface area contributed by atoms with Crippen LogP contribution in [0, 0.1) is 11.7 Å². The Kier molecular flexibility index (Phi) is 6.22. The monoisotopic (exact) mass is 302 g/mol. The first-order chi connectivity index (χ1) is 10.6. The Labute approximate surface area is 131 Å². The number of rotatable bonds is 8. The summed E-state index contributed by atoms with van der Waals surface area (Å²) in [6.07, 6.45) is 0.914. The Morgan fingerprint density at radius 3 is 2.59 bits per heavy atom. The smallest absolute Gasteiger partial charge is 0.165 e. The first-order valence-corrected chi connectivity index (χ1v) is 7.60. The molecule has 0 saturated carbocycles. The molecule has 2 aromatic rings. The van der Waals surface area contributed by atoms with Crippen LogP contribution in [0.1, 0.15) is 25.8 Å². The molecule has 0 amide bonds. The van der Waals surface area contributed by atoms with E-state index in [1.54, 1.807) is 12.1 Å². The molecule has 2 aromatic carbocycles. The molecule has 0 fully saturated rings. The van der Waals surface area contributed by atoms with Gasteiger partial charge in [0, 0.05) is 12.2 Å². The van der Waals surface area contributed by atoms with E-state index < -0.39 is 0 Å². The molecule has 118 valence electrons. The van der Waals surface area contributed by atoms with Crippen molar-refractivity contribution in [2.24, 2.45) is 5.92 Å². The molecule has 3 nitrogen and oxygen atoms in total. The molecule has 0 unspecified atom stereocenters. The maximum atomic E-state index is 13.7. The standard InChI is InChI=1S/C18H23FN2O/c1-14(2)10-11-22-18-12-15(8-9-17(18)19)13-20-21-16-6-4-3-5-7-16/h3-9,12,14,20-21H,10-11,13H2,1-2H3. The Hall–Kier alpha value is -2.07. The molecule has 0 radical (unpaired) electrons. The lowest BCUT2D eigenvalue weighted by atomic mass is 10.1. The molecule has 2 rings (SSSR count). The number of halogens is 1. The lowest BCUT2D eigenvalue weighted by Gasteiger charge is -2.12. The van der Waals surface area contributed by atoms with Gasteiger partial charge in [-0.3, -0.25) is 0 Å². The number of benzene rings is 2. The van der Waals surface area contributed by atoms with Crippen molar-refractivity contribution in [2.75, 3.05) is 12.0 Å². The summed E-state index contributed by atoms with van der Waals surface area (Å²) in [6.45, 7) is 5.36. The maximum absolute atomic E-state index is 13.7. The molecule has 0 atom stereocenters. The first kappa shape index (κ1) is 16.3. The molecule has 4 heteroatoms. The van der Waals surface area contributed by atoms with Crippen LogP contribution in [0.15, 0.2) is 48.5 Å². The number of para-hydroxylation sites is 1. The van der Waals surface area contributed by atoms with E-state index in [-0.39, 0.29) is 5.82 Å². The summed E-state index contributed by atoms with van der Waals surface area (Å²) in [5.41, 5.74) is 8.16. The second kappa shape index (κ2) is 8.39. The number of hydrogen-bond donors (Lipinski definition) is 2. The highest BCUT2D eigenvalue weighted by molar-refractivity contribution is 5.41. The Balaban J connectivity index is 1.86. The van der Waals surface area contributed by atoms with Crippen molar-refractivity contribution in [3.8, 4) is 5.75 Å². The van der Waals surface area contributed by atoms with Crippen molar-refractivity contribution in [1.82, 2.24) is 5.43 Å². The van der Waals surface area contributed by atoms with Crippen LogP contribution in [0.2, 0.25) is 0 Å². The molecule has 22 heavy (non-hydrogen) atoms. The van der Waals surface area contributed by atoms with E-state index in [4.69, 9.17) is 4.74 Å². The molecule has 0 saturated heterocycles. The van der Waals surface area contributed by atoms with Gasteiger partial charge in [0.2, 0.25) is 0 Å². The van der Waals surface area contributed by atoms with Crippen molar-refractivity contribution in [2.45, 2.75) is 26.8 Å². The van der Waals surface area contributed by atoms with Crippen molar-refractivity contribution < 1.29 is 9.13 Å². The highest BCUT2D eigenvalue weighted by Gasteiger charge is 2.05. The van der Waals surface area contributed by atoms with E-state index in [1.165, 1.54) is 6.07 Å². The topological polar surface area (TPSA) is 33.3 Å². The van der Waals surface area contributed by atoms with Gasteiger partial charge in [-0.1, -0.05) is 38.1 Å². The van der Waals surface area contributed by atoms with Crippen molar-refractivity contribution in [3.63, 3.8) is 0 Å². The summed E-state index contributed by atoms with van der Waals surface area (Å²) >= 11 is 0. The molecule has 0 aliphatic heterocycles. The van der Waals surface area contributed by atoms with E-state index in [1.807, 2.05) is 30.3 Å². The lowest BCUT2D eigenvalue weighted by Crippen LogP contribution is -2.20. The molecule has 2 N–H and O–H groups in total. The predicted octanol–water partition coefficient (Wildman–Crippen LogP) is 4.37. The van der Waals surface area contributed by atoms with Crippen LogP contribution >= 0.6 is 0 Å². The van der Waals surface area contributed by atoms with Crippen LogP contribution in [-0.4, -0.2) is 6.61 Å². The minimum absolute atomic E-state index is 0.316. The largest absolute Gasteiger partial charge is 0.490 e. The van der Waals surface area contributed by atoms with E-state index in [0.717, 1.165) is 17.7 Å². The van der Waals surface area contributed by atoms with Crippen LogP contribution in [0.3, 0.4) is 0 Å². The number of hydrogen-bond acceptors (Lipinski definition) is 3. The quantitative estimate of drug-likeness (QED) is 0.711. The van der Waals surface area contributed by atoms with Gasteiger partial charge in [-0.15, -0.1) is 0 Å². The van der Waals surface area contributed by atoms with Crippen molar-refractivity contribution in [3.05, 3.63) is 59.9 Å². The average Bonchev–Trinajstić information content (AvgIpc) is 2.51. The van der Waals surface area contributed by atoms with E-state index >= 15 is 0 Å². The van der Waals surface area contributed by atoms with Gasteiger partial charge in [0.25, 0.3) is 0 Å². The van der Waals surface area contributed by atoms with Crippen LogP contribution in [0.4, 0.5) is 10.1 Å². The molecule has 0 bridgehead atoms. The highest BCUT2D eigenvalue weighted by atomic mass is 19.1. The fraction of sp³-hybridized carbons (Fsp3) is 0.333. The van der Waals surface area contributed by atoms with E-state index in [0.29, 0.717) is 24.8 Å². The average molecular weight is 302 g/mol. The van der Waals surface area contributed by atoms with Gasteiger partial charge in [-0.2, -0.15) is 0 Å². The van der Waals surface area contributed by atoms with E-state index in [9.17, 15) is 4.39 Å². The first-order valence-electron chi connectivity index (χ1n) is 7.60. The minimum atomic E-state index is -0.316. The molecular formula is C18H23FN2O. The zero-order valence-corrected chi connectivity index (χ0v) is 13.1. The lowest BCUT2D eigenvalue weighted by molar-refractivity contribution is 0.276. The predicted molar refractivity (Wildman–Crippen MR) is 88.3 cm³/mol. The Bertz CT molecular complexity index is 573. The third kappa shape index (κ3) is 5.37. The van der Waals surface area contributed by atoms with Gasteiger partial charge < -0.3 is 10.2 Å². The second-order valence-electron chi connectivity index (χ2n) is 5.64. The highest BCUT2D eigenvalue weighted by Crippen LogP contribution is 2.19. The summed E-state index contributed by atoms with van der Waals surface area (Å²) < 4.78 is 19.2. The van der Waals surface area contributed by atoms with Gasteiger partial charge in [0.15, 0.2) is 11.6 Å². The molecule has 0 aliphatic rings. The van der Waals surface area contributed by atoms with Gasteiger partial charge in [0.1, 0.15) is 0 Å².